The van der Waals surface area contributed by atoms with Crippen molar-refractivity contribution in [3.63, 3.8) is 0 Å². The first-order valence-electron chi connectivity index (χ1n) is 5.00. The Bertz CT molecular complexity index is 422. The summed E-state index contributed by atoms with van der Waals surface area (Å²) in [7, 11) is 0. The highest BCUT2D eigenvalue weighted by Crippen LogP contribution is 2.36. The van der Waals surface area contributed by atoms with E-state index in [2.05, 4.69) is 0 Å². The molecule has 0 aromatic heterocycles. The van der Waals surface area contributed by atoms with E-state index in [4.69, 9.17) is 4.74 Å². The Morgan fingerprint density at radius 2 is 2.00 bits per heavy atom. The molecular weight excluding hydrogens is 240 g/mol. The van der Waals surface area contributed by atoms with Gasteiger partial charge in [-0.2, -0.15) is 13.2 Å². The van der Waals surface area contributed by atoms with Crippen LogP contribution in [0.4, 0.5) is 17.6 Å². The van der Waals surface area contributed by atoms with Gasteiger partial charge in [-0.05, 0) is 18.2 Å². The summed E-state index contributed by atoms with van der Waals surface area (Å²) in [5.41, 5.74) is -3.00. The summed E-state index contributed by atoms with van der Waals surface area (Å²) in [6, 6.07) is 2.01. The first-order valence-corrected chi connectivity index (χ1v) is 5.00. The van der Waals surface area contributed by atoms with E-state index in [9.17, 15) is 22.7 Å². The van der Waals surface area contributed by atoms with Crippen LogP contribution in [0.2, 0.25) is 0 Å². The average molecular weight is 250 g/mol. The summed E-state index contributed by atoms with van der Waals surface area (Å²) in [6.07, 6.45) is -4.47. The van der Waals surface area contributed by atoms with Gasteiger partial charge in [0.1, 0.15) is 11.4 Å². The van der Waals surface area contributed by atoms with Crippen LogP contribution in [0, 0.1) is 5.82 Å². The first kappa shape index (κ1) is 12.3. The lowest BCUT2D eigenvalue weighted by Gasteiger charge is -2.22. The van der Waals surface area contributed by atoms with Gasteiger partial charge in [-0.15, -0.1) is 0 Å². The third-order valence-electron chi connectivity index (χ3n) is 2.80. The molecule has 1 aromatic rings. The minimum Gasteiger partial charge on any atom is -0.383 e. The molecule has 1 N–H and O–H groups in total. The van der Waals surface area contributed by atoms with Crippen LogP contribution in [-0.4, -0.2) is 18.3 Å². The normalized spacial score (nSPS) is 25.2. The van der Waals surface area contributed by atoms with Gasteiger partial charge in [0.05, 0.1) is 12.2 Å². The molecule has 1 atom stereocenters. The van der Waals surface area contributed by atoms with Crippen LogP contribution in [0.5, 0.6) is 0 Å². The van der Waals surface area contributed by atoms with Crippen molar-refractivity contribution < 1.29 is 27.4 Å². The number of rotatable bonds is 1. The summed E-state index contributed by atoms with van der Waals surface area (Å²) < 4.78 is 55.8. The molecule has 1 unspecified atom stereocenters. The van der Waals surface area contributed by atoms with E-state index >= 15 is 0 Å². The lowest BCUT2D eigenvalue weighted by molar-refractivity contribution is -0.137. The van der Waals surface area contributed by atoms with Crippen molar-refractivity contribution in [2.45, 2.75) is 18.2 Å². The van der Waals surface area contributed by atoms with E-state index in [-0.39, 0.29) is 25.2 Å². The van der Waals surface area contributed by atoms with Gasteiger partial charge >= 0.3 is 6.18 Å². The number of halogens is 4. The summed E-state index contributed by atoms with van der Waals surface area (Å²) in [5, 5.41) is 10.0. The lowest BCUT2D eigenvalue weighted by atomic mass is 9.91. The van der Waals surface area contributed by atoms with Crippen molar-refractivity contribution in [2.24, 2.45) is 0 Å². The molecule has 0 spiro atoms. The van der Waals surface area contributed by atoms with Gasteiger partial charge in [0.25, 0.3) is 0 Å². The van der Waals surface area contributed by atoms with E-state index in [1.54, 1.807) is 0 Å². The summed E-state index contributed by atoms with van der Waals surface area (Å²) >= 11 is 0. The molecule has 0 bridgehead atoms. The molecule has 1 fully saturated rings. The van der Waals surface area contributed by atoms with Crippen molar-refractivity contribution in [1.82, 2.24) is 0 Å². The van der Waals surface area contributed by atoms with E-state index in [1.165, 1.54) is 0 Å². The van der Waals surface area contributed by atoms with Crippen LogP contribution in [-0.2, 0) is 16.5 Å². The lowest BCUT2D eigenvalue weighted by Crippen LogP contribution is -2.27. The summed E-state index contributed by atoms with van der Waals surface area (Å²) in [6.45, 7) is 0.0113. The second-order valence-electron chi connectivity index (χ2n) is 4.03. The molecule has 1 aliphatic heterocycles. The fourth-order valence-corrected chi connectivity index (χ4v) is 1.82. The largest absolute Gasteiger partial charge is 0.416 e. The van der Waals surface area contributed by atoms with Crippen LogP contribution in [0.25, 0.3) is 0 Å². The maximum atomic E-state index is 13.5. The third-order valence-corrected chi connectivity index (χ3v) is 2.80. The fourth-order valence-electron chi connectivity index (χ4n) is 1.82. The van der Waals surface area contributed by atoms with Crippen molar-refractivity contribution in [2.75, 3.05) is 13.2 Å². The molecule has 6 heteroatoms. The monoisotopic (exact) mass is 250 g/mol. The predicted octanol–water partition coefficient (Wildman–Crippen LogP) is 2.45. The quantitative estimate of drug-likeness (QED) is 0.776. The Morgan fingerprint density at radius 1 is 1.29 bits per heavy atom. The molecule has 0 amide bonds. The average Bonchev–Trinajstić information content (AvgIpc) is 2.65. The number of alkyl halides is 3. The van der Waals surface area contributed by atoms with E-state index < -0.39 is 23.2 Å². The number of hydrogen-bond donors (Lipinski definition) is 1. The van der Waals surface area contributed by atoms with Crippen LogP contribution in [0.3, 0.4) is 0 Å². The number of hydrogen-bond acceptors (Lipinski definition) is 2. The minimum atomic E-state index is -4.56. The van der Waals surface area contributed by atoms with Gasteiger partial charge in [0.15, 0.2) is 0 Å². The van der Waals surface area contributed by atoms with Crippen LogP contribution >= 0.6 is 0 Å². The highest BCUT2D eigenvalue weighted by molar-refractivity contribution is 5.32. The van der Waals surface area contributed by atoms with Gasteiger partial charge in [-0.3, -0.25) is 0 Å². The Kier molecular flexibility index (Phi) is 2.87. The maximum Gasteiger partial charge on any atom is 0.416 e. The van der Waals surface area contributed by atoms with E-state index in [0.29, 0.717) is 18.2 Å². The molecule has 2 rings (SSSR count). The molecule has 1 aliphatic rings. The Morgan fingerprint density at radius 3 is 2.53 bits per heavy atom. The van der Waals surface area contributed by atoms with Crippen molar-refractivity contribution in [1.29, 1.82) is 0 Å². The molecule has 2 nitrogen and oxygen atoms in total. The van der Waals surface area contributed by atoms with Crippen LogP contribution in [0.1, 0.15) is 17.5 Å². The third kappa shape index (κ3) is 2.28. The zero-order valence-corrected chi connectivity index (χ0v) is 8.72. The van der Waals surface area contributed by atoms with Gasteiger partial charge < -0.3 is 9.84 Å². The number of aliphatic hydroxyl groups is 1. The van der Waals surface area contributed by atoms with Crippen LogP contribution < -0.4 is 0 Å². The topological polar surface area (TPSA) is 29.5 Å². The smallest absolute Gasteiger partial charge is 0.383 e. The molecule has 1 heterocycles. The molecule has 0 radical (unpaired) electrons. The van der Waals surface area contributed by atoms with Crippen molar-refractivity contribution in [3.05, 3.63) is 35.1 Å². The highest BCUT2D eigenvalue weighted by Gasteiger charge is 2.39. The van der Waals surface area contributed by atoms with Crippen LogP contribution in [0.15, 0.2) is 18.2 Å². The summed E-state index contributed by atoms with van der Waals surface area (Å²) in [4.78, 5) is 0. The molecule has 1 aromatic carbocycles. The first-order chi connectivity index (χ1) is 7.83. The van der Waals surface area contributed by atoms with Gasteiger partial charge in [-0.1, -0.05) is 0 Å². The van der Waals surface area contributed by atoms with Crippen molar-refractivity contribution in [3.8, 4) is 0 Å². The molecular formula is C11H10F4O2. The molecule has 0 saturated carbocycles. The Labute approximate surface area is 94.8 Å². The Balaban J connectivity index is 2.46. The second-order valence-corrected chi connectivity index (χ2v) is 4.03. The molecule has 94 valence electrons. The minimum absolute atomic E-state index is 0.0885. The van der Waals surface area contributed by atoms with Gasteiger partial charge in [-0.25, -0.2) is 4.39 Å². The standard InChI is InChI=1S/C11H10F4O2/c12-9-2-1-7(11(13,14)15)5-8(9)10(16)3-4-17-6-10/h1-2,5,16H,3-4,6H2. The summed E-state index contributed by atoms with van der Waals surface area (Å²) in [5.74, 6) is -0.856. The SMILES string of the molecule is OC1(c2cc(C(F)(F)F)ccc2F)CCOC1. The fraction of sp³-hybridized carbons (Fsp3) is 0.455. The zero-order valence-electron chi connectivity index (χ0n) is 8.72. The van der Waals surface area contributed by atoms with Crippen molar-refractivity contribution >= 4 is 0 Å². The molecule has 17 heavy (non-hydrogen) atoms. The number of benzene rings is 1. The highest BCUT2D eigenvalue weighted by atomic mass is 19.4. The molecule has 1 saturated heterocycles. The van der Waals surface area contributed by atoms with E-state index in [1.807, 2.05) is 0 Å². The zero-order chi connectivity index (χ0) is 12.7. The van der Waals surface area contributed by atoms with Gasteiger partial charge in [0, 0.05) is 18.6 Å². The van der Waals surface area contributed by atoms with E-state index in [0.717, 1.165) is 0 Å². The van der Waals surface area contributed by atoms with Gasteiger partial charge in [0.2, 0.25) is 0 Å². The Hall–Kier alpha value is -1.14. The number of ether oxygens (including phenoxy) is 1. The molecule has 0 aliphatic carbocycles. The second kappa shape index (κ2) is 3.96. The predicted molar refractivity (Wildman–Crippen MR) is 50.7 cm³/mol. The maximum absolute atomic E-state index is 13.5.